The summed E-state index contributed by atoms with van der Waals surface area (Å²) in [5, 5.41) is 12.5. The van der Waals surface area contributed by atoms with E-state index in [2.05, 4.69) is 10.5 Å². The Morgan fingerprint density at radius 1 is 1.12 bits per heavy atom. The molecule has 1 aliphatic carbocycles. The van der Waals surface area contributed by atoms with Crippen LogP contribution in [0.5, 0.6) is 11.5 Å². The van der Waals surface area contributed by atoms with E-state index in [4.69, 9.17) is 9.57 Å². The third-order valence-electron chi connectivity index (χ3n) is 7.14. The number of hydroxylamine groups is 4. The van der Waals surface area contributed by atoms with Crippen LogP contribution in [0.3, 0.4) is 0 Å². The van der Waals surface area contributed by atoms with Crippen LogP contribution in [0, 0.1) is 5.92 Å². The molecule has 0 saturated heterocycles. The van der Waals surface area contributed by atoms with Crippen LogP contribution in [-0.4, -0.2) is 33.8 Å². The van der Waals surface area contributed by atoms with Gasteiger partial charge in [0.25, 0.3) is 0 Å². The number of hydrogen-bond donors (Lipinski definition) is 2. The summed E-state index contributed by atoms with van der Waals surface area (Å²) in [7, 11) is 1.60. The number of ether oxygens (including phenoxy) is 1. The van der Waals surface area contributed by atoms with Crippen molar-refractivity contribution in [1.82, 2.24) is 10.5 Å². The summed E-state index contributed by atoms with van der Waals surface area (Å²) in [4.78, 5) is 23.7. The van der Waals surface area contributed by atoms with Gasteiger partial charge in [0.2, 0.25) is 0 Å². The number of carbonyl (C=O) groups is 1. The number of likely N-dealkylation sites (N-methyl/N-ethyl adjacent to an activating group) is 1. The highest BCUT2D eigenvalue weighted by Crippen LogP contribution is 2.44. The molecule has 7 heteroatoms. The number of quaternary nitrogens is 1. The Hall–Kier alpha value is -3.00. The minimum Gasteiger partial charge on any atom is -0.483 e. The molecule has 2 heterocycles. The summed E-state index contributed by atoms with van der Waals surface area (Å²) in [6.45, 7) is 2.00. The highest BCUT2D eigenvalue weighted by atomic mass is 16.7. The summed E-state index contributed by atoms with van der Waals surface area (Å²) < 4.78 is 5.41. The number of nitrogens with one attached hydrogen (secondary N) is 1. The predicted molar refractivity (Wildman–Crippen MR) is 128 cm³/mol. The third-order valence-corrected chi connectivity index (χ3v) is 7.14. The Balaban J connectivity index is 1.45. The minimum atomic E-state index is -0.692. The lowest BCUT2D eigenvalue weighted by Crippen LogP contribution is -2.57. The van der Waals surface area contributed by atoms with Crippen LogP contribution in [0.15, 0.2) is 54.6 Å². The van der Waals surface area contributed by atoms with Crippen LogP contribution in [0.25, 0.3) is 10.9 Å². The van der Waals surface area contributed by atoms with Gasteiger partial charge in [0.05, 0.1) is 11.2 Å². The van der Waals surface area contributed by atoms with E-state index in [1.165, 1.54) is 6.42 Å². The smallest absolute Gasteiger partial charge is 0.365 e. The molecule has 2 N–H and O–H groups in total. The quantitative estimate of drug-likeness (QED) is 0.416. The lowest BCUT2D eigenvalue weighted by molar-refractivity contribution is -1.05. The third kappa shape index (κ3) is 4.39. The van der Waals surface area contributed by atoms with E-state index < -0.39 is 10.7 Å². The molecule has 2 bridgehead atoms. The van der Waals surface area contributed by atoms with Crippen molar-refractivity contribution in [1.29, 1.82) is 0 Å². The number of hydrogen-bond acceptors (Lipinski definition) is 6. The number of carbonyl (C=O) groups excluding carboxylic acids is 1. The summed E-state index contributed by atoms with van der Waals surface area (Å²) in [6.07, 6.45) is 5.43. The molecule has 1 fully saturated rings. The number of pyridine rings is 1. The number of nitrogens with zero attached hydrogens (tertiary/aromatic N) is 2. The van der Waals surface area contributed by atoms with Crippen molar-refractivity contribution in [3.05, 3.63) is 65.9 Å². The van der Waals surface area contributed by atoms with Crippen molar-refractivity contribution >= 4 is 16.8 Å². The summed E-state index contributed by atoms with van der Waals surface area (Å²) in [5.41, 5.74) is 5.42. The topological polar surface area (TPSA) is 80.7 Å². The molecular formula is C27H32N3O4+. The van der Waals surface area contributed by atoms with Gasteiger partial charge >= 0.3 is 5.91 Å². The normalized spacial score (nSPS) is 25.8. The molecule has 0 spiro atoms. The van der Waals surface area contributed by atoms with Crippen LogP contribution in [0.4, 0.5) is 0 Å². The zero-order chi connectivity index (χ0) is 23.7. The van der Waals surface area contributed by atoms with Crippen molar-refractivity contribution in [2.75, 3.05) is 7.05 Å². The van der Waals surface area contributed by atoms with E-state index in [9.17, 15) is 10.0 Å². The maximum Gasteiger partial charge on any atom is 0.365 e. The molecule has 1 amide bonds. The van der Waals surface area contributed by atoms with E-state index >= 15 is 0 Å². The highest BCUT2D eigenvalue weighted by Gasteiger charge is 2.48. The summed E-state index contributed by atoms with van der Waals surface area (Å²) in [5.74, 6) is 0.961. The number of para-hydroxylation sites is 1. The van der Waals surface area contributed by atoms with Gasteiger partial charge in [-0.25, -0.2) is 15.0 Å². The second-order valence-electron chi connectivity index (χ2n) is 9.64. The maximum absolute atomic E-state index is 13.2. The molecule has 0 radical (unpaired) electrons. The number of benzene rings is 2. The number of fused-ring (bicyclic) bond motifs is 3. The van der Waals surface area contributed by atoms with Crippen LogP contribution >= 0.6 is 0 Å². The van der Waals surface area contributed by atoms with Gasteiger partial charge in [-0.1, -0.05) is 43.5 Å². The monoisotopic (exact) mass is 462 g/mol. The summed E-state index contributed by atoms with van der Waals surface area (Å²) >= 11 is 0. The van der Waals surface area contributed by atoms with Crippen molar-refractivity contribution in [3.8, 4) is 11.5 Å². The highest BCUT2D eigenvalue weighted by molar-refractivity contribution is 5.78. The Kier molecular flexibility index (Phi) is 6.25. The molecule has 178 valence electrons. The van der Waals surface area contributed by atoms with Crippen molar-refractivity contribution in [2.45, 2.75) is 57.7 Å². The molecule has 3 aromatic rings. The molecule has 2 aliphatic rings. The van der Waals surface area contributed by atoms with Gasteiger partial charge < -0.3 is 9.57 Å². The molecule has 34 heavy (non-hydrogen) atoms. The molecule has 1 aliphatic heterocycles. The fourth-order valence-electron chi connectivity index (χ4n) is 5.40. The Bertz CT molecular complexity index is 1190. The van der Waals surface area contributed by atoms with E-state index in [1.54, 1.807) is 14.0 Å². The van der Waals surface area contributed by atoms with Gasteiger partial charge in [0.15, 0.2) is 23.6 Å². The maximum atomic E-state index is 13.2. The SMILES string of the molecule is CC1NOc2cc(ccc2OCc2ccc3ccccc3n2)C(C2CCCCC2)[N+](C)(O)C1=O. The molecule has 1 saturated carbocycles. The number of amides is 1. The molecule has 5 rings (SSSR count). The average molecular weight is 463 g/mol. The van der Waals surface area contributed by atoms with Crippen LogP contribution in [0.1, 0.15) is 56.3 Å². The van der Waals surface area contributed by atoms with Crippen molar-refractivity contribution in [3.63, 3.8) is 0 Å². The lowest BCUT2D eigenvalue weighted by Gasteiger charge is -2.38. The molecule has 7 nitrogen and oxygen atoms in total. The van der Waals surface area contributed by atoms with Gasteiger partial charge in [-0.2, -0.15) is 0 Å². The van der Waals surface area contributed by atoms with Crippen LogP contribution in [0.2, 0.25) is 0 Å². The standard InChI is InChI=1S/C27H32N3O4/c1-18-27(31)30(2,32)26(20-9-4-3-5-10-20)21-13-15-24(25(16-21)34-29-18)33-17-22-14-12-19-8-6-7-11-23(19)28-22/h6-8,11-16,18,20,26,29,32H,3-5,9-10,17H2,1-2H3/q+1. The first-order valence-corrected chi connectivity index (χ1v) is 12.1. The van der Waals surface area contributed by atoms with Gasteiger partial charge in [-0.15, -0.1) is 10.1 Å². The van der Waals surface area contributed by atoms with Crippen LogP contribution in [-0.2, 0) is 11.4 Å². The van der Waals surface area contributed by atoms with E-state index in [-0.39, 0.29) is 24.5 Å². The second-order valence-corrected chi connectivity index (χ2v) is 9.64. The first-order chi connectivity index (χ1) is 16.4. The van der Waals surface area contributed by atoms with E-state index in [0.29, 0.717) is 11.5 Å². The lowest BCUT2D eigenvalue weighted by atomic mass is 9.80. The Morgan fingerprint density at radius 3 is 2.74 bits per heavy atom. The van der Waals surface area contributed by atoms with Gasteiger partial charge in [-0.05, 0) is 50.1 Å². The largest absolute Gasteiger partial charge is 0.483 e. The zero-order valence-corrected chi connectivity index (χ0v) is 19.7. The van der Waals surface area contributed by atoms with E-state index in [0.717, 1.165) is 47.8 Å². The molecule has 3 atom stereocenters. The minimum absolute atomic E-state index is 0.222. The Morgan fingerprint density at radius 2 is 1.91 bits per heavy atom. The Labute approximate surface area is 199 Å². The van der Waals surface area contributed by atoms with Crippen molar-refractivity contribution in [2.24, 2.45) is 5.92 Å². The zero-order valence-electron chi connectivity index (χ0n) is 19.7. The van der Waals surface area contributed by atoms with Gasteiger partial charge in [-0.3, -0.25) is 0 Å². The molecular weight excluding hydrogens is 430 g/mol. The van der Waals surface area contributed by atoms with Gasteiger partial charge in [0.1, 0.15) is 13.7 Å². The molecule has 2 aromatic carbocycles. The molecule has 3 unspecified atom stereocenters. The predicted octanol–water partition coefficient (Wildman–Crippen LogP) is 5.08. The number of aromatic nitrogens is 1. The fraction of sp³-hybridized carbons (Fsp3) is 0.407. The second kappa shape index (κ2) is 9.33. The summed E-state index contributed by atoms with van der Waals surface area (Å²) in [6, 6.07) is 16.6. The number of rotatable bonds is 4. The molecule has 1 aromatic heterocycles. The van der Waals surface area contributed by atoms with Gasteiger partial charge in [0, 0.05) is 16.9 Å². The first kappa shape index (κ1) is 22.8. The van der Waals surface area contributed by atoms with E-state index in [1.807, 2.05) is 54.6 Å². The first-order valence-electron chi connectivity index (χ1n) is 12.1. The van der Waals surface area contributed by atoms with Crippen molar-refractivity contribution < 1.29 is 24.2 Å². The fourth-order valence-corrected chi connectivity index (χ4v) is 5.40. The van der Waals surface area contributed by atoms with Crippen LogP contribution < -0.4 is 15.1 Å². The average Bonchev–Trinajstić information content (AvgIpc) is 2.88.